The van der Waals surface area contributed by atoms with Gasteiger partial charge in [-0.2, -0.15) is 0 Å². The Balaban J connectivity index is 3.21. The van der Waals surface area contributed by atoms with Gasteiger partial charge >= 0.3 is 0 Å². The summed E-state index contributed by atoms with van der Waals surface area (Å²) in [6, 6.07) is 3.23. The van der Waals surface area contributed by atoms with Crippen LogP contribution in [0, 0.1) is 0 Å². The van der Waals surface area contributed by atoms with E-state index in [4.69, 9.17) is 5.11 Å². The molecule has 0 bridgehead atoms. The molecule has 1 aromatic rings. The Bertz CT molecular complexity index is 297. The van der Waals surface area contributed by atoms with E-state index in [1.165, 1.54) is 6.07 Å². The van der Waals surface area contributed by atoms with Gasteiger partial charge in [0.25, 0.3) is 6.43 Å². The van der Waals surface area contributed by atoms with Crippen molar-refractivity contribution in [2.24, 2.45) is 0 Å². The van der Waals surface area contributed by atoms with Gasteiger partial charge in [-0.05, 0) is 18.2 Å². The van der Waals surface area contributed by atoms with Crippen molar-refractivity contribution < 1.29 is 18.7 Å². The zero-order chi connectivity index (χ0) is 9.14. The highest BCUT2D eigenvalue weighted by Gasteiger charge is 2.12. The summed E-state index contributed by atoms with van der Waals surface area (Å²) in [5.41, 5.74) is -0.534. The van der Waals surface area contributed by atoms with Gasteiger partial charge in [-0.1, -0.05) is 0 Å². The van der Waals surface area contributed by atoms with E-state index in [-0.39, 0.29) is 11.3 Å². The van der Waals surface area contributed by atoms with Gasteiger partial charge in [-0.3, -0.25) is 4.79 Å². The van der Waals surface area contributed by atoms with Gasteiger partial charge in [0.15, 0.2) is 6.29 Å². The van der Waals surface area contributed by atoms with Gasteiger partial charge in [-0.25, -0.2) is 8.78 Å². The first-order chi connectivity index (χ1) is 5.65. The maximum Gasteiger partial charge on any atom is 0.264 e. The van der Waals surface area contributed by atoms with Crippen LogP contribution in [-0.2, 0) is 0 Å². The fourth-order valence-electron chi connectivity index (χ4n) is 0.858. The van der Waals surface area contributed by atoms with Gasteiger partial charge in [0, 0.05) is 11.1 Å². The summed E-state index contributed by atoms with van der Waals surface area (Å²) in [6.07, 6.45) is -2.40. The molecule has 1 N–H and O–H groups in total. The Morgan fingerprint density at radius 3 is 2.58 bits per heavy atom. The first-order valence-electron chi connectivity index (χ1n) is 3.21. The van der Waals surface area contributed by atoms with Crippen molar-refractivity contribution in [3.63, 3.8) is 0 Å². The van der Waals surface area contributed by atoms with Crippen molar-refractivity contribution in [2.75, 3.05) is 0 Å². The van der Waals surface area contributed by atoms with Gasteiger partial charge in [0.1, 0.15) is 5.75 Å². The fraction of sp³-hybridized carbons (Fsp3) is 0.125. The van der Waals surface area contributed by atoms with Crippen molar-refractivity contribution >= 4 is 6.29 Å². The third-order valence-electron chi connectivity index (χ3n) is 1.43. The van der Waals surface area contributed by atoms with Crippen molar-refractivity contribution in [2.45, 2.75) is 6.43 Å². The molecule has 64 valence electrons. The van der Waals surface area contributed by atoms with Gasteiger partial charge < -0.3 is 5.11 Å². The van der Waals surface area contributed by atoms with Crippen LogP contribution in [0.4, 0.5) is 8.78 Å². The molecule has 0 radical (unpaired) electrons. The Labute approximate surface area is 67.4 Å². The van der Waals surface area contributed by atoms with Crippen LogP contribution < -0.4 is 0 Å². The molecule has 0 fully saturated rings. The van der Waals surface area contributed by atoms with Crippen LogP contribution >= 0.6 is 0 Å². The highest BCUT2D eigenvalue weighted by atomic mass is 19.3. The summed E-state index contributed by atoms with van der Waals surface area (Å²) in [7, 11) is 0. The normalized spacial score (nSPS) is 10.2. The third-order valence-corrected chi connectivity index (χ3v) is 1.43. The van der Waals surface area contributed by atoms with Gasteiger partial charge in [-0.15, -0.1) is 0 Å². The molecule has 0 aliphatic heterocycles. The largest absolute Gasteiger partial charge is 0.508 e. The van der Waals surface area contributed by atoms with Crippen molar-refractivity contribution in [1.29, 1.82) is 0 Å². The van der Waals surface area contributed by atoms with E-state index in [2.05, 4.69) is 0 Å². The van der Waals surface area contributed by atoms with Gasteiger partial charge in [0.05, 0.1) is 0 Å². The number of aromatic hydroxyl groups is 1. The molecule has 0 aliphatic rings. The number of carbonyl (C=O) groups is 1. The van der Waals surface area contributed by atoms with Crippen LogP contribution in [0.3, 0.4) is 0 Å². The predicted molar refractivity (Wildman–Crippen MR) is 38.5 cm³/mol. The van der Waals surface area contributed by atoms with E-state index < -0.39 is 12.0 Å². The Morgan fingerprint density at radius 1 is 1.42 bits per heavy atom. The van der Waals surface area contributed by atoms with Crippen molar-refractivity contribution in [1.82, 2.24) is 0 Å². The minimum atomic E-state index is -2.74. The number of hydrogen-bond donors (Lipinski definition) is 1. The lowest BCUT2D eigenvalue weighted by Gasteiger charge is -2.02. The Morgan fingerprint density at radius 2 is 2.08 bits per heavy atom. The second-order valence-corrected chi connectivity index (χ2v) is 2.23. The quantitative estimate of drug-likeness (QED) is 0.694. The van der Waals surface area contributed by atoms with Crippen LogP contribution in [-0.4, -0.2) is 11.4 Å². The van der Waals surface area contributed by atoms with E-state index in [9.17, 15) is 13.6 Å². The van der Waals surface area contributed by atoms with Crippen LogP contribution in [0.15, 0.2) is 18.2 Å². The lowest BCUT2D eigenvalue weighted by atomic mass is 10.1. The van der Waals surface area contributed by atoms with E-state index in [1.54, 1.807) is 0 Å². The predicted octanol–water partition coefficient (Wildman–Crippen LogP) is 2.14. The molecule has 0 saturated carbocycles. The molecular weight excluding hydrogens is 166 g/mol. The minimum absolute atomic E-state index is 0.0946. The monoisotopic (exact) mass is 172 g/mol. The van der Waals surface area contributed by atoms with Crippen LogP contribution in [0.25, 0.3) is 0 Å². The molecule has 0 aromatic heterocycles. The molecule has 0 unspecified atom stereocenters. The van der Waals surface area contributed by atoms with E-state index in [1.807, 2.05) is 0 Å². The minimum Gasteiger partial charge on any atom is -0.508 e. The number of phenolic OH excluding ortho intramolecular Hbond substituents is 1. The summed E-state index contributed by atoms with van der Waals surface area (Å²) in [4.78, 5) is 10.2. The fourth-order valence-corrected chi connectivity index (χ4v) is 0.858. The first-order valence-corrected chi connectivity index (χ1v) is 3.21. The Hall–Kier alpha value is -1.45. The highest BCUT2D eigenvalue weighted by molar-refractivity contribution is 5.77. The summed E-state index contributed by atoms with van der Waals surface area (Å²) >= 11 is 0. The topological polar surface area (TPSA) is 37.3 Å². The zero-order valence-electron chi connectivity index (χ0n) is 6.00. The number of hydrogen-bond acceptors (Lipinski definition) is 2. The van der Waals surface area contributed by atoms with Gasteiger partial charge in [0.2, 0.25) is 0 Å². The summed E-state index contributed by atoms with van der Waals surface area (Å²) < 4.78 is 24.2. The molecule has 12 heavy (non-hydrogen) atoms. The molecule has 2 nitrogen and oxygen atoms in total. The van der Waals surface area contributed by atoms with Crippen molar-refractivity contribution in [3.8, 4) is 5.75 Å². The summed E-state index contributed by atoms with van der Waals surface area (Å²) in [5.74, 6) is -0.268. The number of benzene rings is 1. The molecule has 1 rings (SSSR count). The molecular formula is C8H6F2O2. The second-order valence-electron chi connectivity index (χ2n) is 2.23. The average Bonchev–Trinajstić information content (AvgIpc) is 2.04. The Kier molecular flexibility index (Phi) is 2.38. The summed E-state index contributed by atoms with van der Waals surface area (Å²) in [5, 5.41) is 8.83. The maximum atomic E-state index is 12.1. The first kappa shape index (κ1) is 8.64. The van der Waals surface area contributed by atoms with E-state index >= 15 is 0 Å². The molecule has 4 heteroatoms. The summed E-state index contributed by atoms with van der Waals surface area (Å²) in [6.45, 7) is 0. The number of alkyl halides is 2. The SMILES string of the molecule is O=Cc1ccc(O)cc1C(F)F. The smallest absolute Gasteiger partial charge is 0.264 e. The maximum absolute atomic E-state index is 12.1. The number of aldehydes is 1. The average molecular weight is 172 g/mol. The molecule has 0 spiro atoms. The highest BCUT2D eigenvalue weighted by Crippen LogP contribution is 2.25. The van der Waals surface area contributed by atoms with Crippen LogP contribution in [0.1, 0.15) is 22.3 Å². The van der Waals surface area contributed by atoms with E-state index in [0.717, 1.165) is 12.1 Å². The molecule has 0 atom stereocenters. The third kappa shape index (κ3) is 1.58. The molecule has 0 amide bonds. The lowest BCUT2D eigenvalue weighted by Crippen LogP contribution is -1.91. The molecule has 0 heterocycles. The second kappa shape index (κ2) is 3.30. The zero-order valence-corrected chi connectivity index (χ0v) is 6.00. The van der Waals surface area contributed by atoms with E-state index in [0.29, 0.717) is 6.29 Å². The lowest BCUT2D eigenvalue weighted by molar-refractivity contribution is 0.110. The standard InChI is InChI=1S/C8H6F2O2/c9-8(10)7-3-6(12)2-1-5(7)4-11/h1-4,8,12H. The van der Waals surface area contributed by atoms with Crippen LogP contribution in [0.5, 0.6) is 5.75 Å². The molecule has 0 aliphatic carbocycles. The van der Waals surface area contributed by atoms with Crippen LogP contribution in [0.2, 0.25) is 0 Å². The number of carbonyl (C=O) groups excluding carboxylic acids is 1. The number of phenols is 1. The molecule has 1 aromatic carbocycles. The number of rotatable bonds is 2. The number of halogens is 2. The molecule has 0 saturated heterocycles. The van der Waals surface area contributed by atoms with Crippen molar-refractivity contribution in [3.05, 3.63) is 29.3 Å².